The largest absolute Gasteiger partial charge is 0.354 e. The summed E-state index contributed by atoms with van der Waals surface area (Å²) in [6.45, 7) is 9.80. The lowest BCUT2D eigenvalue weighted by Crippen LogP contribution is -2.43. The van der Waals surface area contributed by atoms with Gasteiger partial charge >= 0.3 is 0 Å². The van der Waals surface area contributed by atoms with E-state index in [0.29, 0.717) is 5.56 Å². The molecule has 0 amide bonds. The lowest BCUT2D eigenvalue weighted by atomic mass is 10.0. The Morgan fingerprint density at radius 1 is 0.935 bits per heavy atom. The Morgan fingerprint density at radius 2 is 1.68 bits per heavy atom. The SMILES string of the molecule is Cc1cc(-c2[nH]c3cc(-c4ccc(N5CCNCC5)nc4)c(F)cc3c2C)cc(C)n1. The second-order valence-electron chi connectivity index (χ2n) is 8.28. The summed E-state index contributed by atoms with van der Waals surface area (Å²) in [6.07, 6.45) is 1.77. The average Bonchev–Trinajstić information content (AvgIpc) is 3.09. The minimum absolute atomic E-state index is 0.236. The van der Waals surface area contributed by atoms with Crippen LogP contribution in [0, 0.1) is 26.6 Å². The average molecular weight is 416 g/mol. The highest BCUT2D eigenvalue weighted by molar-refractivity contribution is 5.93. The number of aromatic amines is 1. The number of H-pyrrole nitrogens is 1. The van der Waals surface area contributed by atoms with Crippen LogP contribution in [0.3, 0.4) is 0 Å². The maximum Gasteiger partial charge on any atom is 0.131 e. The molecule has 2 N–H and O–H groups in total. The number of benzene rings is 1. The van der Waals surface area contributed by atoms with Gasteiger partial charge in [0.2, 0.25) is 0 Å². The van der Waals surface area contributed by atoms with Gasteiger partial charge in [-0.2, -0.15) is 0 Å². The molecule has 4 heterocycles. The highest BCUT2D eigenvalue weighted by Crippen LogP contribution is 2.34. The van der Waals surface area contributed by atoms with Gasteiger partial charge in [-0.25, -0.2) is 9.37 Å². The molecule has 0 saturated carbocycles. The molecule has 1 fully saturated rings. The molecule has 1 aliphatic heterocycles. The predicted octanol–water partition coefficient (Wildman–Crippen LogP) is 4.77. The number of piperazine rings is 1. The molecule has 5 nitrogen and oxygen atoms in total. The monoisotopic (exact) mass is 415 g/mol. The number of anilines is 1. The number of halogens is 1. The zero-order chi connectivity index (χ0) is 21.5. The molecule has 6 heteroatoms. The highest BCUT2D eigenvalue weighted by atomic mass is 19.1. The van der Waals surface area contributed by atoms with Crippen molar-refractivity contribution >= 4 is 16.7 Å². The van der Waals surface area contributed by atoms with E-state index in [-0.39, 0.29) is 5.82 Å². The summed E-state index contributed by atoms with van der Waals surface area (Å²) >= 11 is 0. The molecule has 4 aromatic rings. The maximum absolute atomic E-state index is 15.1. The molecule has 158 valence electrons. The van der Waals surface area contributed by atoms with Crippen LogP contribution in [0.5, 0.6) is 0 Å². The van der Waals surface area contributed by atoms with Crippen molar-refractivity contribution in [1.82, 2.24) is 20.3 Å². The van der Waals surface area contributed by atoms with Crippen molar-refractivity contribution in [2.24, 2.45) is 0 Å². The first-order chi connectivity index (χ1) is 15.0. The topological polar surface area (TPSA) is 56.8 Å². The van der Waals surface area contributed by atoms with Gasteiger partial charge in [-0.3, -0.25) is 4.98 Å². The summed E-state index contributed by atoms with van der Waals surface area (Å²) in [6, 6.07) is 11.6. The van der Waals surface area contributed by atoms with Crippen molar-refractivity contribution in [3.8, 4) is 22.4 Å². The van der Waals surface area contributed by atoms with E-state index in [9.17, 15) is 0 Å². The Hall–Kier alpha value is -3.25. The summed E-state index contributed by atoms with van der Waals surface area (Å²) in [4.78, 5) is 14.8. The van der Waals surface area contributed by atoms with Crippen LogP contribution in [-0.2, 0) is 0 Å². The third-order valence-electron chi connectivity index (χ3n) is 6.02. The molecule has 1 saturated heterocycles. The quantitative estimate of drug-likeness (QED) is 0.506. The number of nitrogens with one attached hydrogen (secondary N) is 2. The van der Waals surface area contributed by atoms with E-state index in [1.807, 2.05) is 39.0 Å². The summed E-state index contributed by atoms with van der Waals surface area (Å²) in [5.74, 6) is 0.702. The molecule has 31 heavy (non-hydrogen) atoms. The van der Waals surface area contributed by atoms with E-state index in [1.165, 1.54) is 0 Å². The minimum atomic E-state index is -0.236. The Morgan fingerprint density at radius 3 is 2.35 bits per heavy atom. The van der Waals surface area contributed by atoms with Gasteiger partial charge in [0.25, 0.3) is 0 Å². The van der Waals surface area contributed by atoms with Gasteiger partial charge in [0.15, 0.2) is 0 Å². The fourth-order valence-electron chi connectivity index (χ4n) is 4.47. The van der Waals surface area contributed by atoms with Crippen LogP contribution in [0.1, 0.15) is 17.0 Å². The minimum Gasteiger partial charge on any atom is -0.354 e. The Balaban J connectivity index is 1.53. The Labute approximate surface area is 181 Å². The van der Waals surface area contributed by atoms with Gasteiger partial charge in [0.05, 0.1) is 0 Å². The second-order valence-corrected chi connectivity index (χ2v) is 8.28. The summed E-state index contributed by atoms with van der Waals surface area (Å²) in [5.41, 5.74) is 7.31. The smallest absolute Gasteiger partial charge is 0.131 e. The maximum atomic E-state index is 15.1. The van der Waals surface area contributed by atoms with Gasteiger partial charge in [-0.1, -0.05) is 0 Å². The third-order valence-corrected chi connectivity index (χ3v) is 6.02. The van der Waals surface area contributed by atoms with Gasteiger partial charge in [-0.15, -0.1) is 0 Å². The number of fused-ring (bicyclic) bond motifs is 1. The predicted molar refractivity (Wildman–Crippen MR) is 124 cm³/mol. The van der Waals surface area contributed by atoms with Crippen molar-refractivity contribution in [2.45, 2.75) is 20.8 Å². The summed E-state index contributed by atoms with van der Waals surface area (Å²) in [7, 11) is 0. The van der Waals surface area contributed by atoms with Crippen molar-refractivity contribution in [3.63, 3.8) is 0 Å². The van der Waals surface area contributed by atoms with E-state index in [4.69, 9.17) is 0 Å². The zero-order valence-corrected chi connectivity index (χ0v) is 18.1. The summed E-state index contributed by atoms with van der Waals surface area (Å²) < 4.78 is 15.1. The Kier molecular flexibility index (Phi) is 4.94. The molecule has 1 aliphatic rings. The van der Waals surface area contributed by atoms with Crippen LogP contribution in [-0.4, -0.2) is 41.1 Å². The number of rotatable bonds is 3. The highest BCUT2D eigenvalue weighted by Gasteiger charge is 2.16. The van der Waals surface area contributed by atoms with E-state index < -0.39 is 0 Å². The van der Waals surface area contributed by atoms with Crippen molar-refractivity contribution in [3.05, 3.63) is 65.4 Å². The fraction of sp³-hybridized carbons (Fsp3) is 0.280. The molecule has 5 rings (SSSR count). The van der Waals surface area contributed by atoms with Crippen LogP contribution in [0.15, 0.2) is 42.6 Å². The molecule has 1 aromatic carbocycles. The number of aryl methyl sites for hydroxylation is 3. The first-order valence-corrected chi connectivity index (χ1v) is 10.7. The standard InChI is InChI=1S/C25H26FN5/c1-15-10-19(11-16(2)29-15)25-17(3)20-12-22(26)21(13-23(20)30-25)18-4-5-24(28-14-18)31-8-6-27-7-9-31/h4-5,10-14,27,30H,6-9H2,1-3H3. The summed E-state index contributed by atoms with van der Waals surface area (Å²) in [5, 5.41) is 4.24. The van der Waals surface area contributed by atoms with Gasteiger partial charge < -0.3 is 15.2 Å². The molecule has 0 unspecified atom stereocenters. The number of hydrogen-bond donors (Lipinski definition) is 2. The van der Waals surface area contributed by atoms with Crippen LogP contribution in [0.2, 0.25) is 0 Å². The number of nitrogens with zero attached hydrogens (tertiary/aromatic N) is 3. The molecule has 0 atom stereocenters. The van der Waals surface area contributed by atoms with Gasteiger partial charge in [0.1, 0.15) is 11.6 Å². The van der Waals surface area contributed by atoms with Gasteiger partial charge in [0, 0.05) is 77.1 Å². The fourth-order valence-corrected chi connectivity index (χ4v) is 4.47. The van der Waals surface area contributed by atoms with Crippen molar-refractivity contribution in [2.75, 3.05) is 31.1 Å². The van der Waals surface area contributed by atoms with Gasteiger partial charge in [-0.05, 0) is 62.7 Å². The first kappa shape index (κ1) is 19.7. The Bertz CT molecular complexity index is 1230. The van der Waals surface area contributed by atoms with Crippen LogP contribution in [0.4, 0.5) is 10.2 Å². The molecule has 0 bridgehead atoms. The van der Waals surface area contributed by atoms with E-state index in [1.54, 1.807) is 12.3 Å². The van der Waals surface area contributed by atoms with Crippen LogP contribution in [0.25, 0.3) is 33.3 Å². The number of aromatic nitrogens is 3. The molecule has 0 spiro atoms. The lowest BCUT2D eigenvalue weighted by molar-refractivity contribution is 0.585. The van der Waals surface area contributed by atoms with E-state index in [0.717, 1.165) is 76.7 Å². The molecular weight excluding hydrogens is 389 g/mol. The van der Waals surface area contributed by atoms with Crippen LogP contribution >= 0.6 is 0 Å². The third kappa shape index (κ3) is 3.68. The van der Waals surface area contributed by atoms with E-state index in [2.05, 4.69) is 37.3 Å². The van der Waals surface area contributed by atoms with Crippen LogP contribution < -0.4 is 10.2 Å². The van der Waals surface area contributed by atoms with E-state index >= 15 is 4.39 Å². The first-order valence-electron chi connectivity index (χ1n) is 10.7. The van der Waals surface area contributed by atoms with Crippen molar-refractivity contribution in [1.29, 1.82) is 0 Å². The molecular formula is C25H26FN5. The number of hydrogen-bond acceptors (Lipinski definition) is 4. The normalized spacial score (nSPS) is 14.4. The zero-order valence-electron chi connectivity index (χ0n) is 18.1. The molecule has 0 aliphatic carbocycles. The lowest BCUT2D eigenvalue weighted by Gasteiger charge is -2.28. The van der Waals surface area contributed by atoms with Crippen molar-refractivity contribution < 1.29 is 4.39 Å². The second kappa shape index (κ2) is 7.78. The molecule has 0 radical (unpaired) electrons. The number of pyridine rings is 2. The molecule has 3 aromatic heterocycles.